The van der Waals surface area contributed by atoms with Gasteiger partial charge in [0.05, 0.1) is 12.6 Å². The maximum Gasteiger partial charge on any atom is 0.236 e. The maximum absolute atomic E-state index is 12.0. The number of carbonyl (C=O) groups is 1. The molecule has 1 aliphatic heterocycles. The minimum absolute atomic E-state index is 0.230. The van der Waals surface area contributed by atoms with Crippen molar-refractivity contribution in [3.8, 4) is 0 Å². The van der Waals surface area contributed by atoms with E-state index in [2.05, 4.69) is 37.9 Å². The minimum Gasteiger partial charge on any atom is -0.379 e. The average Bonchev–Trinajstić information content (AvgIpc) is 2.44. The Kier molecular flexibility index (Phi) is 8.88. The van der Waals surface area contributed by atoms with Crippen LogP contribution in [0.15, 0.2) is 0 Å². The van der Waals surface area contributed by atoms with Gasteiger partial charge < -0.3 is 15.0 Å². The lowest BCUT2D eigenvalue weighted by Crippen LogP contribution is -2.51. The highest BCUT2D eigenvalue weighted by molar-refractivity contribution is 5.78. The molecule has 1 N–H and O–H groups in total. The first kappa shape index (κ1) is 18.4. The van der Waals surface area contributed by atoms with Crippen LogP contribution < -0.4 is 5.32 Å². The van der Waals surface area contributed by atoms with Gasteiger partial charge in [-0.05, 0) is 33.2 Å². The number of hydrogen-bond acceptors (Lipinski definition) is 4. The Bertz CT molecular complexity index is 287. The number of piperazine rings is 1. The molecule has 21 heavy (non-hydrogen) atoms. The summed E-state index contributed by atoms with van der Waals surface area (Å²) in [6, 6.07) is 0.364. The first-order chi connectivity index (χ1) is 9.99. The lowest BCUT2D eigenvalue weighted by molar-refractivity contribution is -0.132. The van der Waals surface area contributed by atoms with E-state index in [-0.39, 0.29) is 5.91 Å². The van der Waals surface area contributed by atoms with Gasteiger partial charge in [-0.2, -0.15) is 0 Å². The Morgan fingerprint density at radius 1 is 1.10 bits per heavy atom. The molecule has 0 aromatic carbocycles. The summed E-state index contributed by atoms with van der Waals surface area (Å²) in [5.74, 6) is 0.230. The van der Waals surface area contributed by atoms with E-state index in [0.29, 0.717) is 18.7 Å². The molecule has 0 aliphatic carbocycles. The highest BCUT2D eigenvalue weighted by Gasteiger charge is 2.20. The van der Waals surface area contributed by atoms with E-state index < -0.39 is 0 Å². The van der Waals surface area contributed by atoms with Gasteiger partial charge in [-0.1, -0.05) is 13.8 Å². The molecule has 1 aliphatic rings. The highest BCUT2D eigenvalue weighted by atomic mass is 16.5. The number of unbranched alkanes of at least 4 members (excludes halogenated alkanes) is 1. The van der Waals surface area contributed by atoms with Gasteiger partial charge in [0.1, 0.15) is 0 Å². The molecule has 1 amide bonds. The molecule has 0 aromatic heterocycles. The van der Waals surface area contributed by atoms with E-state index in [4.69, 9.17) is 4.74 Å². The minimum atomic E-state index is 0.230. The van der Waals surface area contributed by atoms with Crippen molar-refractivity contribution in [1.82, 2.24) is 15.1 Å². The van der Waals surface area contributed by atoms with Crippen LogP contribution in [0.1, 0.15) is 40.5 Å². The van der Waals surface area contributed by atoms with Crippen LogP contribution >= 0.6 is 0 Å². The lowest BCUT2D eigenvalue weighted by atomic mass is 10.2. The van der Waals surface area contributed by atoms with Crippen molar-refractivity contribution < 1.29 is 9.53 Å². The normalized spacial score (nSPS) is 17.0. The van der Waals surface area contributed by atoms with Crippen LogP contribution in [0.2, 0.25) is 0 Å². The van der Waals surface area contributed by atoms with E-state index in [1.807, 2.05) is 4.90 Å². The largest absolute Gasteiger partial charge is 0.379 e. The number of hydrogen-bond donors (Lipinski definition) is 1. The molecule has 5 heteroatoms. The fourth-order valence-corrected chi connectivity index (χ4v) is 2.38. The smallest absolute Gasteiger partial charge is 0.236 e. The monoisotopic (exact) mass is 299 g/mol. The third-order valence-corrected chi connectivity index (χ3v) is 3.71. The Morgan fingerprint density at radius 2 is 1.76 bits per heavy atom. The average molecular weight is 299 g/mol. The molecular formula is C16H33N3O2. The van der Waals surface area contributed by atoms with Gasteiger partial charge in [0.2, 0.25) is 5.91 Å². The molecule has 5 nitrogen and oxygen atoms in total. The van der Waals surface area contributed by atoms with Crippen LogP contribution in [0.3, 0.4) is 0 Å². The Hall–Kier alpha value is -0.650. The molecule has 0 bridgehead atoms. The third-order valence-electron chi connectivity index (χ3n) is 3.71. The van der Waals surface area contributed by atoms with Crippen LogP contribution in [0, 0.1) is 0 Å². The second-order valence-electron chi connectivity index (χ2n) is 6.38. The molecule has 1 fully saturated rings. The molecule has 124 valence electrons. The van der Waals surface area contributed by atoms with Crippen molar-refractivity contribution in [2.24, 2.45) is 0 Å². The highest BCUT2D eigenvalue weighted by Crippen LogP contribution is 2.04. The summed E-state index contributed by atoms with van der Waals surface area (Å²) in [6.07, 6.45) is 2.63. The second kappa shape index (κ2) is 10.1. The Labute approximate surface area is 130 Å². The predicted octanol–water partition coefficient (Wildman–Crippen LogP) is 1.33. The summed E-state index contributed by atoms with van der Waals surface area (Å²) in [6.45, 7) is 14.4. The summed E-state index contributed by atoms with van der Waals surface area (Å²) in [7, 11) is 0. The van der Waals surface area contributed by atoms with E-state index in [1.54, 1.807) is 0 Å². The van der Waals surface area contributed by atoms with Crippen LogP contribution in [-0.2, 0) is 9.53 Å². The fraction of sp³-hybridized carbons (Fsp3) is 0.938. The van der Waals surface area contributed by atoms with Crippen molar-refractivity contribution in [2.45, 2.75) is 52.7 Å². The van der Waals surface area contributed by atoms with Gasteiger partial charge in [-0.3, -0.25) is 9.69 Å². The van der Waals surface area contributed by atoms with Gasteiger partial charge >= 0.3 is 0 Å². The van der Waals surface area contributed by atoms with Crippen molar-refractivity contribution in [1.29, 1.82) is 0 Å². The van der Waals surface area contributed by atoms with Gasteiger partial charge in [0.15, 0.2) is 0 Å². The Morgan fingerprint density at radius 3 is 2.33 bits per heavy atom. The van der Waals surface area contributed by atoms with Crippen LogP contribution in [-0.4, -0.2) is 73.7 Å². The number of nitrogens with one attached hydrogen (secondary N) is 1. The molecule has 0 aromatic rings. The predicted molar refractivity (Wildman–Crippen MR) is 86.5 cm³/mol. The van der Waals surface area contributed by atoms with Crippen molar-refractivity contribution in [2.75, 3.05) is 45.9 Å². The molecule has 0 atom stereocenters. The Balaban J connectivity index is 2.07. The zero-order valence-corrected chi connectivity index (χ0v) is 14.2. The molecule has 0 spiro atoms. The van der Waals surface area contributed by atoms with Gasteiger partial charge in [-0.25, -0.2) is 0 Å². The second-order valence-corrected chi connectivity index (χ2v) is 6.38. The number of carbonyl (C=O) groups excluding carboxylic acids is 1. The molecule has 0 unspecified atom stereocenters. The van der Waals surface area contributed by atoms with Crippen LogP contribution in [0.25, 0.3) is 0 Å². The molecule has 0 radical (unpaired) electrons. The number of ether oxygens (including phenoxy) is 1. The standard InChI is InChI=1S/C16H33N3O2/c1-14(2)17-13-16(20)19-10-8-18(9-11-19)7-5-6-12-21-15(3)4/h14-15,17H,5-13H2,1-4H3. The lowest BCUT2D eigenvalue weighted by Gasteiger charge is -2.35. The SMILES string of the molecule is CC(C)NCC(=O)N1CCN(CCCCOC(C)C)CC1. The van der Waals surface area contributed by atoms with E-state index in [1.165, 1.54) is 6.42 Å². The molecule has 1 rings (SSSR count). The van der Waals surface area contributed by atoms with Crippen LogP contribution in [0.4, 0.5) is 0 Å². The molecule has 1 heterocycles. The summed E-state index contributed by atoms with van der Waals surface area (Å²) < 4.78 is 5.55. The zero-order valence-electron chi connectivity index (χ0n) is 14.2. The first-order valence-corrected chi connectivity index (χ1v) is 8.34. The van der Waals surface area contributed by atoms with Crippen molar-refractivity contribution in [3.05, 3.63) is 0 Å². The van der Waals surface area contributed by atoms with E-state index >= 15 is 0 Å². The van der Waals surface area contributed by atoms with Gasteiger partial charge in [0, 0.05) is 38.8 Å². The number of amides is 1. The summed E-state index contributed by atoms with van der Waals surface area (Å²) in [5.41, 5.74) is 0. The molecular weight excluding hydrogens is 266 g/mol. The fourth-order valence-electron chi connectivity index (χ4n) is 2.38. The van der Waals surface area contributed by atoms with Crippen molar-refractivity contribution >= 4 is 5.91 Å². The summed E-state index contributed by atoms with van der Waals surface area (Å²) >= 11 is 0. The maximum atomic E-state index is 12.0. The third kappa shape index (κ3) is 8.39. The van der Waals surface area contributed by atoms with E-state index in [0.717, 1.165) is 45.8 Å². The van der Waals surface area contributed by atoms with Crippen molar-refractivity contribution in [3.63, 3.8) is 0 Å². The zero-order chi connectivity index (χ0) is 15.7. The summed E-state index contributed by atoms with van der Waals surface area (Å²) in [4.78, 5) is 16.4. The van der Waals surface area contributed by atoms with Gasteiger partial charge in [0.25, 0.3) is 0 Å². The number of rotatable bonds is 9. The molecule has 0 saturated carbocycles. The first-order valence-electron chi connectivity index (χ1n) is 8.34. The summed E-state index contributed by atoms with van der Waals surface area (Å²) in [5, 5.41) is 3.19. The van der Waals surface area contributed by atoms with Gasteiger partial charge in [-0.15, -0.1) is 0 Å². The topological polar surface area (TPSA) is 44.8 Å². The van der Waals surface area contributed by atoms with E-state index in [9.17, 15) is 4.79 Å². The van der Waals surface area contributed by atoms with Crippen LogP contribution in [0.5, 0.6) is 0 Å². The number of nitrogens with zero attached hydrogens (tertiary/aromatic N) is 2. The molecule has 1 saturated heterocycles. The quantitative estimate of drug-likeness (QED) is 0.653.